The molecule has 0 radical (unpaired) electrons. The molecule has 0 aliphatic carbocycles. The molecule has 1 rings (SSSR count). The molecule has 0 aromatic heterocycles. The van der Waals surface area contributed by atoms with Crippen LogP contribution in [0.15, 0.2) is 0 Å². The fourth-order valence-corrected chi connectivity index (χ4v) is 2.66. The third-order valence-corrected chi connectivity index (χ3v) is 3.99. The number of carbonyl (C=O) groups is 2. The summed E-state index contributed by atoms with van der Waals surface area (Å²) in [6, 6.07) is -0.999. The molecule has 6 heteroatoms. The molecule has 1 aliphatic heterocycles. The number of carboxylic acids is 1. The first-order valence-electron chi connectivity index (χ1n) is 6.92. The molecule has 1 saturated heterocycles. The molecule has 1 aliphatic rings. The second kappa shape index (κ2) is 9.07. The molecule has 2 N–H and O–H groups in total. The average molecular weight is 288 g/mol. The highest BCUT2D eigenvalue weighted by Crippen LogP contribution is 2.11. The Labute approximate surface area is 119 Å². The molecular weight excluding hydrogens is 264 g/mol. The van der Waals surface area contributed by atoms with Gasteiger partial charge in [-0.05, 0) is 31.3 Å². The van der Waals surface area contributed by atoms with E-state index >= 15 is 0 Å². The van der Waals surface area contributed by atoms with Crippen LogP contribution in [0.25, 0.3) is 0 Å². The first-order chi connectivity index (χ1) is 9.15. The van der Waals surface area contributed by atoms with Crippen LogP contribution in [-0.4, -0.2) is 53.1 Å². The molecule has 1 fully saturated rings. The number of nitrogens with zero attached hydrogens (tertiary/aromatic N) is 1. The van der Waals surface area contributed by atoms with Crippen LogP contribution in [0.2, 0.25) is 0 Å². The van der Waals surface area contributed by atoms with Crippen LogP contribution in [0.5, 0.6) is 0 Å². The van der Waals surface area contributed by atoms with Crippen molar-refractivity contribution in [3.8, 4) is 0 Å². The second-order valence-corrected chi connectivity index (χ2v) is 5.86. The Morgan fingerprint density at radius 1 is 1.21 bits per heavy atom. The number of aliphatic carboxylic acids is 1. The van der Waals surface area contributed by atoms with Gasteiger partial charge in [0, 0.05) is 13.1 Å². The molecule has 0 bridgehead atoms. The van der Waals surface area contributed by atoms with Gasteiger partial charge < -0.3 is 15.3 Å². The van der Waals surface area contributed by atoms with E-state index in [-0.39, 0.29) is 6.03 Å². The summed E-state index contributed by atoms with van der Waals surface area (Å²) in [6.45, 7) is 1.47. The standard InChI is InChI=1S/C13H24N2O3S/c1-19-10-7-11(12(16)17)14-13(18)15-8-5-3-2-4-6-9-15/h11H,2-10H2,1H3,(H,14,18)(H,16,17)/t11-/m1/s1. The first kappa shape index (κ1) is 16.1. The Bertz CT molecular complexity index is 292. The van der Waals surface area contributed by atoms with Gasteiger partial charge in [0.2, 0.25) is 0 Å². The van der Waals surface area contributed by atoms with Crippen molar-refractivity contribution in [2.45, 2.75) is 44.6 Å². The second-order valence-electron chi connectivity index (χ2n) is 4.88. The maximum absolute atomic E-state index is 12.1. The summed E-state index contributed by atoms with van der Waals surface area (Å²) in [6.07, 6.45) is 7.96. The number of carbonyl (C=O) groups excluding carboxylic acids is 1. The van der Waals surface area contributed by atoms with Gasteiger partial charge in [-0.2, -0.15) is 11.8 Å². The van der Waals surface area contributed by atoms with Gasteiger partial charge in [0.1, 0.15) is 6.04 Å². The topological polar surface area (TPSA) is 69.6 Å². The summed E-state index contributed by atoms with van der Waals surface area (Å²) in [5.74, 6) is -0.216. The van der Waals surface area contributed by atoms with E-state index in [0.717, 1.165) is 44.5 Å². The molecule has 0 aromatic rings. The van der Waals surface area contributed by atoms with Crippen LogP contribution in [0.4, 0.5) is 4.79 Å². The lowest BCUT2D eigenvalue weighted by molar-refractivity contribution is -0.139. The van der Waals surface area contributed by atoms with Crippen molar-refractivity contribution in [3.63, 3.8) is 0 Å². The fraction of sp³-hybridized carbons (Fsp3) is 0.846. The summed E-state index contributed by atoms with van der Waals surface area (Å²) in [4.78, 5) is 24.9. The molecule has 2 amide bonds. The minimum atomic E-state index is -0.950. The number of nitrogens with one attached hydrogen (secondary N) is 1. The Morgan fingerprint density at radius 3 is 2.32 bits per heavy atom. The molecule has 0 spiro atoms. The van der Waals surface area contributed by atoms with E-state index in [1.54, 1.807) is 16.7 Å². The largest absolute Gasteiger partial charge is 0.480 e. The van der Waals surface area contributed by atoms with Crippen molar-refractivity contribution in [1.82, 2.24) is 10.2 Å². The third-order valence-electron chi connectivity index (χ3n) is 3.35. The molecule has 0 aromatic carbocycles. The van der Waals surface area contributed by atoms with E-state index in [2.05, 4.69) is 5.32 Å². The number of thioether (sulfide) groups is 1. The van der Waals surface area contributed by atoms with Crippen LogP contribution in [-0.2, 0) is 4.79 Å². The Hall–Kier alpha value is -0.910. The van der Waals surface area contributed by atoms with E-state index in [9.17, 15) is 9.59 Å². The zero-order valence-electron chi connectivity index (χ0n) is 11.6. The quantitative estimate of drug-likeness (QED) is 0.813. The van der Waals surface area contributed by atoms with E-state index in [0.29, 0.717) is 6.42 Å². The van der Waals surface area contributed by atoms with Crippen LogP contribution < -0.4 is 5.32 Å². The maximum Gasteiger partial charge on any atom is 0.326 e. The van der Waals surface area contributed by atoms with Gasteiger partial charge in [-0.3, -0.25) is 0 Å². The minimum Gasteiger partial charge on any atom is -0.480 e. The van der Waals surface area contributed by atoms with Gasteiger partial charge in [-0.25, -0.2) is 9.59 Å². The highest BCUT2D eigenvalue weighted by Gasteiger charge is 2.22. The predicted octanol–water partition coefficient (Wildman–Crippen LogP) is 2.17. The number of likely N-dealkylation sites (tertiary alicyclic amines) is 1. The number of hydrogen-bond donors (Lipinski definition) is 2. The van der Waals surface area contributed by atoms with Crippen molar-refractivity contribution >= 4 is 23.8 Å². The highest BCUT2D eigenvalue weighted by molar-refractivity contribution is 7.98. The lowest BCUT2D eigenvalue weighted by Gasteiger charge is -2.26. The lowest BCUT2D eigenvalue weighted by atomic mass is 10.1. The average Bonchev–Trinajstić information content (AvgIpc) is 2.33. The molecular formula is C13H24N2O3S. The van der Waals surface area contributed by atoms with Gasteiger partial charge in [-0.15, -0.1) is 0 Å². The first-order valence-corrected chi connectivity index (χ1v) is 8.31. The van der Waals surface area contributed by atoms with Crippen molar-refractivity contribution in [1.29, 1.82) is 0 Å². The third kappa shape index (κ3) is 6.18. The van der Waals surface area contributed by atoms with Gasteiger partial charge >= 0.3 is 12.0 Å². The maximum atomic E-state index is 12.1. The Kier molecular flexibility index (Phi) is 7.70. The monoisotopic (exact) mass is 288 g/mol. The molecule has 19 heavy (non-hydrogen) atoms. The predicted molar refractivity (Wildman–Crippen MR) is 77.6 cm³/mol. The molecule has 0 unspecified atom stereocenters. The smallest absolute Gasteiger partial charge is 0.326 e. The van der Waals surface area contributed by atoms with Crippen LogP contribution in [0.3, 0.4) is 0 Å². The van der Waals surface area contributed by atoms with Gasteiger partial charge in [-0.1, -0.05) is 19.3 Å². The van der Waals surface area contributed by atoms with E-state index in [4.69, 9.17) is 5.11 Å². The van der Waals surface area contributed by atoms with Crippen molar-refractivity contribution in [3.05, 3.63) is 0 Å². The van der Waals surface area contributed by atoms with Crippen LogP contribution in [0.1, 0.15) is 38.5 Å². The highest BCUT2D eigenvalue weighted by atomic mass is 32.2. The molecule has 1 heterocycles. The Morgan fingerprint density at radius 2 is 1.79 bits per heavy atom. The SMILES string of the molecule is CSCC[C@@H](NC(=O)N1CCCCCCC1)C(=O)O. The lowest BCUT2D eigenvalue weighted by Crippen LogP contribution is -2.49. The van der Waals surface area contributed by atoms with Crippen LogP contribution >= 0.6 is 11.8 Å². The number of carboxylic acid groups (broad SMARTS) is 1. The van der Waals surface area contributed by atoms with Gasteiger partial charge in [0.05, 0.1) is 0 Å². The Balaban J connectivity index is 2.46. The zero-order chi connectivity index (χ0) is 14.1. The normalized spacial score (nSPS) is 18.3. The summed E-state index contributed by atoms with van der Waals surface area (Å²) in [7, 11) is 0. The molecule has 1 atom stereocenters. The van der Waals surface area contributed by atoms with E-state index in [1.165, 1.54) is 6.42 Å². The summed E-state index contributed by atoms with van der Waals surface area (Å²) in [5.41, 5.74) is 0. The number of urea groups is 1. The van der Waals surface area contributed by atoms with Crippen LogP contribution in [0, 0.1) is 0 Å². The van der Waals surface area contributed by atoms with Crippen molar-refractivity contribution < 1.29 is 14.7 Å². The molecule has 5 nitrogen and oxygen atoms in total. The fourth-order valence-electron chi connectivity index (χ4n) is 2.18. The summed E-state index contributed by atoms with van der Waals surface area (Å²) in [5, 5.41) is 11.7. The number of hydrogen-bond acceptors (Lipinski definition) is 3. The van der Waals surface area contributed by atoms with Gasteiger partial charge in [0.25, 0.3) is 0 Å². The minimum absolute atomic E-state index is 0.226. The zero-order valence-corrected chi connectivity index (χ0v) is 12.4. The summed E-state index contributed by atoms with van der Waals surface area (Å²) >= 11 is 1.59. The van der Waals surface area contributed by atoms with Gasteiger partial charge in [0.15, 0.2) is 0 Å². The van der Waals surface area contributed by atoms with Crippen molar-refractivity contribution in [2.24, 2.45) is 0 Å². The number of amides is 2. The van der Waals surface area contributed by atoms with E-state index in [1.807, 2.05) is 6.26 Å². The molecule has 0 saturated carbocycles. The summed E-state index contributed by atoms with van der Waals surface area (Å²) < 4.78 is 0. The van der Waals surface area contributed by atoms with E-state index < -0.39 is 12.0 Å². The van der Waals surface area contributed by atoms with Crippen molar-refractivity contribution in [2.75, 3.05) is 25.1 Å². The molecule has 110 valence electrons. The number of rotatable bonds is 5.